The van der Waals surface area contributed by atoms with Crippen molar-refractivity contribution >= 4 is 17.6 Å². The number of benzene rings is 2. The molecular formula is C19H12F7NO5. The Morgan fingerprint density at radius 2 is 1.31 bits per heavy atom. The highest BCUT2D eigenvalue weighted by atomic mass is 19.4. The predicted octanol–water partition coefficient (Wildman–Crippen LogP) is 4.70. The van der Waals surface area contributed by atoms with Crippen LogP contribution in [0.4, 0.5) is 36.4 Å². The molecule has 32 heavy (non-hydrogen) atoms. The maximum Gasteiger partial charge on any atom is 0.416 e. The molecule has 2 aromatic rings. The molecule has 0 bridgehead atoms. The molecule has 0 aromatic heterocycles. The highest BCUT2D eigenvalue weighted by Crippen LogP contribution is 2.37. The van der Waals surface area contributed by atoms with Crippen LogP contribution < -0.4 is 10.1 Å². The van der Waals surface area contributed by atoms with E-state index in [0.29, 0.717) is 18.2 Å². The highest BCUT2D eigenvalue weighted by Gasteiger charge is 2.33. The Morgan fingerprint density at radius 3 is 1.72 bits per heavy atom. The number of carbonyl (C=O) groups is 2. The molecule has 0 spiro atoms. The van der Waals surface area contributed by atoms with Crippen LogP contribution >= 0.6 is 0 Å². The predicted molar refractivity (Wildman–Crippen MR) is 93.5 cm³/mol. The number of carbonyl (C=O) groups excluding carboxylic acids is 2. The van der Waals surface area contributed by atoms with E-state index in [1.165, 1.54) is 0 Å². The van der Waals surface area contributed by atoms with E-state index in [9.17, 15) is 40.3 Å². The Hall–Kier alpha value is -3.77. The lowest BCUT2D eigenvalue weighted by Gasteiger charge is -2.14. The Kier molecular flexibility index (Phi) is 7.33. The average molecular weight is 467 g/mol. The van der Waals surface area contributed by atoms with Gasteiger partial charge in [-0.25, -0.2) is 27.2 Å². The van der Waals surface area contributed by atoms with Crippen LogP contribution in [0.3, 0.4) is 0 Å². The summed E-state index contributed by atoms with van der Waals surface area (Å²) in [6.07, 6.45) is -4.45. The lowest BCUT2D eigenvalue weighted by molar-refractivity contribution is -0.138. The molecule has 0 saturated carbocycles. The fraction of sp³-hybridized carbons (Fsp3) is 0.158. The molecule has 0 aliphatic heterocycles. The van der Waals surface area contributed by atoms with Crippen LogP contribution in [0.1, 0.15) is 5.56 Å². The maximum atomic E-state index is 14.3. The van der Waals surface area contributed by atoms with Crippen molar-refractivity contribution in [2.45, 2.75) is 6.18 Å². The maximum absolute atomic E-state index is 14.3. The summed E-state index contributed by atoms with van der Waals surface area (Å²) >= 11 is 0. The summed E-state index contributed by atoms with van der Waals surface area (Å²) in [7, 11) is 1.96. The Labute approximate surface area is 175 Å². The van der Waals surface area contributed by atoms with Gasteiger partial charge in [0, 0.05) is 17.8 Å². The van der Waals surface area contributed by atoms with Crippen molar-refractivity contribution in [2.24, 2.45) is 0 Å². The van der Waals surface area contributed by atoms with Crippen molar-refractivity contribution in [1.82, 2.24) is 0 Å². The van der Waals surface area contributed by atoms with Crippen LogP contribution in [0.15, 0.2) is 36.0 Å². The molecule has 6 nitrogen and oxygen atoms in total. The number of rotatable bonds is 6. The SMILES string of the molecule is COC(=O)/C=C(/Nc1cc(F)c(Oc2c(F)cc(C(F)(F)F)cc2F)c(F)c1)C(=O)OC. The number of halogens is 7. The van der Waals surface area contributed by atoms with E-state index >= 15 is 0 Å². The summed E-state index contributed by atoms with van der Waals surface area (Å²) < 4.78 is 107. The minimum absolute atomic E-state index is 0.107. The van der Waals surface area contributed by atoms with Gasteiger partial charge in [0.05, 0.1) is 25.9 Å². The largest absolute Gasteiger partial charge is 0.466 e. The smallest absolute Gasteiger partial charge is 0.416 e. The number of methoxy groups -OCH3 is 2. The van der Waals surface area contributed by atoms with E-state index in [0.717, 1.165) is 14.2 Å². The van der Waals surface area contributed by atoms with Crippen molar-refractivity contribution in [1.29, 1.82) is 0 Å². The summed E-state index contributed by atoms with van der Waals surface area (Å²) in [5.41, 5.74) is -2.71. The van der Waals surface area contributed by atoms with Crippen molar-refractivity contribution < 1.29 is 54.5 Å². The Balaban J connectivity index is 2.39. The average Bonchev–Trinajstić information content (AvgIpc) is 2.70. The van der Waals surface area contributed by atoms with E-state index < -0.39 is 69.8 Å². The minimum Gasteiger partial charge on any atom is -0.466 e. The summed E-state index contributed by atoms with van der Waals surface area (Å²) in [6, 6.07) is 0.827. The molecule has 0 aliphatic rings. The molecule has 0 amide bonds. The zero-order chi connectivity index (χ0) is 24.2. The van der Waals surface area contributed by atoms with Gasteiger partial charge in [-0.05, 0) is 12.1 Å². The fourth-order valence-corrected chi connectivity index (χ4v) is 2.24. The van der Waals surface area contributed by atoms with Crippen LogP contribution in [-0.2, 0) is 25.2 Å². The normalized spacial score (nSPS) is 11.7. The molecular weight excluding hydrogens is 455 g/mol. The topological polar surface area (TPSA) is 73.9 Å². The lowest BCUT2D eigenvalue weighted by Crippen LogP contribution is -2.15. The van der Waals surface area contributed by atoms with Gasteiger partial charge in [0.25, 0.3) is 0 Å². The second-order valence-corrected chi connectivity index (χ2v) is 5.84. The molecule has 13 heteroatoms. The van der Waals surface area contributed by atoms with E-state index in [-0.39, 0.29) is 12.1 Å². The first-order valence-electron chi connectivity index (χ1n) is 8.25. The van der Waals surface area contributed by atoms with Crippen molar-refractivity contribution in [3.8, 4) is 11.5 Å². The third-order valence-corrected chi connectivity index (χ3v) is 3.68. The van der Waals surface area contributed by atoms with Gasteiger partial charge in [-0.1, -0.05) is 0 Å². The van der Waals surface area contributed by atoms with E-state index in [1.54, 1.807) is 0 Å². The molecule has 0 saturated heterocycles. The van der Waals surface area contributed by atoms with Crippen LogP contribution in [0, 0.1) is 23.3 Å². The number of nitrogens with one attached hydrogen (secondary N) is 1. The second kappa shape index (κ2) is 9.58. The van der Waals surface area contributed by atoms with Crippen LogP contribution in [0.25, 0.3) is 0 Å². The number of alkyl halides is 3. The third kappa shape index (κ3) is 5.68. The molecule has 2 aromatic carbocycles. The van der Waals surface area contributed by atoms with E-state index in [4.69, 9.17) is 0 Å². The number of hydrogen-bond acceptors (Lipinski definition) is 6. The van der Waals surface area contributed by atoms with Gasteiger partial charge in [0.1, 0.15) is 5.70 Å². The van der Waals surface area contributed by atoms with Gasteiger partial charge in [-0.15, -0.1) is 0 Å². The molecule has 0 atom stereocenters. The molecule has 0 unspecified atom stereocenters. The molecule has 172 valence electrons. The number of anilines is 1. The van der Waals surface area contributed by atoms with Crippen molar-refractivity contribution in [3.05, 3.63) is 64.9 Å². The summed E-state index contributed by atoms with van der Waals surface area (Å²) in [5, 5.41) is 2.19. The summed E-state index contributed by atoms with van der Waals surface area (Å²) in [4.78, 5) is 23.0. The molecule has 1 N–H and O–H groups in total. The molecule has 2 rings (SSSR count). The number of hydrogen-bond donors (Lipinski definition) is 1. The van der Waals surface area contributed by atoms with Gasteiger partial charge < -0.3 is 19.5 Å². The van der Waals surface area contributed by atoms with Gasteiger partial charge in [0.2, 0.25) is 0 Å². The third-order valence-electron chi connectivity index (χ3n) is 3.68. The number of ether oxygens (including phenoxy) is 3. The Bertz CT molecular complexity index is 1040. The highest BCUT2D eigenvalue weighted by molar-refractivity contribution is 5.98. The monoisotopic (exact) mass is 467 g/mol. The van der Waals surface area contributed by atoms with E-state index in [1.807, 2.05) is 0 Å². The summed E-state index contributed by atoms with van der Waals surface area (Å²) in [5.74, 6) is -11.7. The first-order valence-corrected chi connectivity index (χ1v) is 8.25. The molecule has 0 fully saturated rings. The zero-order valence-electron chi connectivity index (χ0n) is 16.1. The molecule has 0 heterocycles. The van der Waals surface area contributed by atoms with Crippen molar-refractivity contribution in [3.63, 3.8) is 0 Å². The Morgan fingerprint density at radius 1 is 0.844 bits per heavy atom. The van der Waals surface area contributed by atoms with E-state index in [2.05, 4.69) is 19.5 Å². The van der Waals surface area contributed by atoms with Gasteiger partial charge in [0.15, 0.2) is 34.8 Å². The fourth-order valence-electron chi connectivity index (χ4n) is 2.24. The molecule has 0 aliphatic carbocycles. The molecule has 0 radical (unpaired) electrons. The quantitative estimate of drug-likeness (QED) is 0.378. The minimum atomic E-state index is -5.07. The van der Waals surface area contributed by atoms with Gasteiger partial charge in [-0.2, -0.15) is 13.2 Å². The van der Waals surface area contributed by atoms with Gasteiger partial charge >= 0.3 is 18.1 Å². The second-order valence-electron chi connectivity index (χ2n) is 5.84. The zero-order valence-corrected chi connectivity index (χ0v) is 16.1. The first-order chi connectivity index (χ1) is 14.9. The van der Waals surface area contributed by atoms with Crippen molar-refractivity contribution in [2.75, 3.05) is 19.5 Å². The summed E-state index contributed by atoms with van der Waals surface area (Å²) in [6.45, 7) is 0. The van der Waals surface area contributed by atoms with Crippen LogP contribution in [-0.4, -0.2) is 26.2 Å². The van der Waals surface area contributed by atoms with Crippen LogP contribution in [0.2, 0.25) is 0 Å². The van der Waals surface area contributed by atoms with Crippen LogP contribution in [0.5, 0.6) is 11.5 Å². The number of esters is 2. The van der Waals surface area contributed by atoms with Gasteiger partial charge in [-0.3, -0.25) is 0 Å². The standard InChI is InChI=1S/C19H12F7NO5/c1-30-15(28)7-14(18(29)31-2)27-9-5-12(22)17(13(23)6-9)32-16-10(20)3-8(4-11(16)21)19(24,25)26/h3-7,27H,1-2H3/b14-7+. The lowest BCUT2D eigenvalue weighted by atomic mass is 10.2. The first kappa shape index (κ1) is 24.5.